The van der Waals surface area contributed by atoms with E-state index in [1.807, 2.05) is 0 Å². The Morgan fingerprint density at radius 1 is 1.16 bits per heavy atom. The number of para-hydroxylation sites is 1. The summed E-state index contributed by atoms with van der Waals surface area (Å²) in [6.07, 6.45) is -3.16. The Kier molecular flexibility index (Phi) is 7.63. The van der Waals surface area contributed by atoms with Gasteiger partial charge in [-0.2, -0.15) is 13.2 Å². The molecule has 0 aliphatic carbocycles. The fraction of sp³-hybridized carbons (Fsp3) is 0.227. The summed E-state index contributed by atoms with van der Waals surface area (Å²) in [7, 11) is 1.17. The molecule has 32 heavy (non-hydrogen) atoms. The lowest BCUT2D eigenvalue weighted by Crippen LogP contribution is -2.37. The zero-order chi connectivity index (χ0) is 23.3. The summed E-state index contributed by atoms with van der Waals surface area (Å²) in [5, 5.41) is 5.02. The minimum Gasteiger partial charge on any atom is -0.384 e. The second-order valence-corrected chi connectivity index (χ2v) is 8.32. The maximum atomic E-state index is 13.3. The molecule has 0 bridgehead atoms. The number of aliphatic imine (C=N–C) groups is 1. The van der Waals surface area contributed by atoms with Crippen molar-refractivity contribution in [1.82, 2.24) is 10.6 Å². The molecule has 1 heterocycles. The molecule has 1 atom stereocenters. The van der Waals surface area contributed by atoms with Gasteiger partial charge in [-0.05, 0) is 36.8 Å². The fourth-order valence-electron chi connectivity index (χ4n) is 2.95. The topological polar surface area (TPSA) is 70.6 Å². The number of carbonyl (C=O) groups is 2. The molecule has 1 saturated heterocycles. The number of halogens is 4. The van der Waals surface area contributed by atoms with Crippen molar-refractivity contribution < 1.29 is 22.8 Å². The van der Waals surface area contributed by atoms with E-state index in [0.717, 1.165) is 6.08 Å². The van der Waals surface area contributed by atoms with Crippen LogP contribution in [0.5, 0.6) is 0 Å². The van der Waals surface area contributed by atoms with Crippen LogP contribution in [0, 0.1) is 0 Å². The van der Waals surface area contributed by atoms with Crippen LogP contribution in [-0.2, 0) is 4.79 Å². The number of benzene rings is 2. The van der Waals surface area contributed by atoms with Gasteiger partial charge in [-0.15, -0.1) is 0 Å². The molecular weight excluding hydrogens is 463 g/mol. The highest BCUT2D eigenvalue weighted by Crippen LogP contribution is 2.28. The smallest absolute Gasteiger partial charge is 0.384 e. The van der Waals surface area contributed by atoms with Gasteiger partial charge in [0.2, 0.25) is 5.12 Å². The molecule has 1 amide bonds. The number of rotatable bonds is 6. The van der Waals surface area contributed by atoms with E-state index in [4.69, 9.17) is 11.6 Å². The summed E-state index contributed by atoms with van der Waals surface area (Å²) < 4.78 is 39.9. The van der Waals surface area contributed by atoms with Crippen LogP contribution < -0.4 is 10.6 Å². The van der Waals surface area contributed by atoms with Crippen molar-refractivity contribution in [1.29, 1.82) is 0 Å². The molecule has 1 fully saturated rings. The van der Waals surface area contributed by atoms with Crippen LogP contribution in [0.1, 0.15) is 22.3 Å². The summed E-state index contributed by atoms with van der Waals surface area (Å²) >= 11 is 7.30. The SMILES string of the molecule is CNC(=CC(=Nc1ccccc1Cl)c1ccc(C(=O)NC2CCSC2=O)cc1)C(F)(F)F. The first-order valence-corrected chi connectivity index (χ1v) is 10.9. The third-order valence-corrected chi connectivity index (χ3v) is 5.96. The largest absolute Gasteiger partial charge is 0.430 e. The highest BCUT2D eigenvalue weighted by Gasteiger charge is 2.33. The molecule has 168 valence electrons. The van der Waals surface area contributed by atoms with Gasteiger partial charge in [0.1, 0.15) is 5.70 Å². The van der Waals surface area contributed by atoms with Crippen LogP contribution in [0.4, 0.5) is 18.9 Å². The Morgan fingerprint density at radius 3 is 2.38 bits per heavy atom. The number of allylic oxidation sites excluding steroid dienone is 2. The monoisotopic (exact) mass is 481 g/mol. The van der Waals surface area contributed by atoms with Gasteiger partial charge in [-0.25, -0.2) is 4.99 Å². The van der Waals surface area contributed by atoms with Gasteiger partial charge in [-0.1, -0.05) is 47.6 Å². The van der Waals surface area contributed by atoms with Gasteiger partial charge in [0.15, 0.2) is 0 Å². The van der Waals surface area contributed by atoms with Crippen molar-refractivity contribution >= 4 is 45.8 Å². The summed E-state index contributed by atoms with van der Waals surface area (Å²) in [5.41, 5.74) is -0.0382. The highest BCUT2D eigenvalue weighted by molar-refractivity contribution is 8.14. The minimum absolute atomic E-state index is 0.00843. The lowest BCUT2D eigenvalue weighted by Gasteiger charge is -2.13. The lowest BCUT2D eigenvalue weighted by atomic mass is 10.1. The van der Waals surface area contributed by atoms with Gasteiger partial charge in [0.25, 0.3) is 5.91 Å². The molecule has 0 radical (unpaired) electrons. The van der Waals surface area contributed by atoms with Crippen LogP contribution in [0.15, 0.2) is 65.3 Å². The molecule has 1 aliphatic heterocycles. The van der Waals surface area contributed by atoms with Gasteiger partial charge in [0.05, 0.1) is 22.5 Å². The second kappa shape index (κ2) is 10.2. The normalized spacial score (nSPS) is 17.4. The van der Waals surface area contributed by atoms with E-state index in [2.05, 4.69) is 15.6 Å². The van der Waals surface area contributed by atoms with E-state index in [-0.39, 0.29) is 21.4 Å². The number of amides is 1. The number of alkyl halides is 3. The van der Waals surface area contributed by atoms with E-state index in [9.17, 15) is 22.8 Å². The third kappa shape index (κ3) is 5.92. The predicted molar refractivity (Wildman–Crippen MR) is 121 cm³/mol. The van der Waals surface area contributed by atoms with E-state index in [1.165, 1.54) is 43.1 Å². The molecule has 0 aromatic heterocycles. The van der Waals surface area contributed by atoms with Gasteiger partial charge < -0.3 is 10.6 Å². The van der Waals surface area contributed by atoms with E-state index >= 15 is 0 Å². The fourth-order valence-corrected chi connectivity index (χ4v) is 4.06. The van der Waals surface area contributed by atoms with Crippen LogP contribution in [0.3, 0.4) is 0 Å². The molecule has 2 aromatic rings. The maximum Gasteiger partial charge on any atom is 0.430 e. The summed E-state index contributed by atoms with van der Waals surface area (Å²) in [4.78, 5) is 28.5. The number of thioether (sulfide) groups is 1. The molecule has 0 spiro atoms. The zero-order valence-corrected chi connectivity index (χ0v) is 18.4. The van der Waals surface area contributed by atoms with Gasteiger partial charge in [0, 0.05) is 23.9 Å². The summed E-state index contributed by atoms with van der Waals surface area (Å²) in [6.45, 7) is 0. The van der Waals surface area contributed by atoms with Crippen molar-refractivity contribution in [3.63, 3.8) is 0 Å². The number of hydrogen-bond donors (Lipinski definition) is 2. The number of nitrogens with one attached hydrogen (secondary N) is 2. The molecule has 1 unspecified atom stereocenters. The average molecular weight is 482 g/mol. The number of nitrogens with zero attached hydrogens (tertiary/aromatic N) is 1. The first kappa shape index (κ1) is 23.9. The molecule has 3 rings (SSSR count). The van der Waals surface area contributed by atoms with E-state index < -0.39 is 23.8 Å². The number of carbonyl (C=O) groups excluding carboxylic acids is 2. The first-order valence-electron chi connectivity index (χ1n) is 9.57. The van der Waals surface area contributed by atoms with Gasteiger partial charge in [-0.3, -0.25) is 9.59 Å². The summed E-state index contributed by atoms with van der Waals surface area (Å²) in [5.74, 6) is 0.230. The Morgan fingerprint density at radius 2 is 1.81 bits per heavy atom. The van der Waals surface area contributed by atoms with Gasteiger partial charge >= 0.3 is 6.18 Å². The molecule has 10 heteroatoms. The lowest BCUT2D eigenvalue weighted by molar-refractivity contribution is -0.112. The van der Waals surface area contributed by atoms with Crippen LogP contribution in [-0.4, -0.2) is 41.8 Å². The molecule has 2 aromatic carbocycles. The van der Waals surface area contributed by atoms with Crippen molar-refractivity contribution in [3.8, 4) is 0 Å². The van der Waals surface area contributed by atoms with Crippen molar-refractivity contribution in [2.24, 2.45) is 4.99 Å². The quantitative estimate of drug-likeness (QED) is 0.576. The van der Waals surface area contributed by atoms with Crippen molar-refractivity contribution in [2.75, 3.05) is 12.8 Å². The molecule has 1 aliphatic rings. The first-order chi connectivity index (χ1) is 15.2. The Labute approximate surface area is 192 Å². The second-order valence-electron chi connectivity index (χ2n) is 6.81. The highest BCUT2D eigenvalue weighted by atomic mass is 35.5. The Balaban J connectivity index is 1.94. The van der Waals surface area contributed by atoms with E-state index in [0.29, 0.717) is 23.4 Å². The van der Waals surface area contributed by atoms with E-state index in [1.54, 1.807) is 24.3 Å². The molecule has 0 saturated carbocycles. The minimum atomic E-state index is -4.61. The molecule has 5 nitrogen and oxygen atoms in total. The predicted octanol–water partition coefficient (Wildman–Crippen LogP) is 4.89. The zero-order valence-electron chi connectivity index (χ0n) is 16.9. The summed E-state index contributed by atoms with van der Waals surface area (Å²) in [6, 6.07) is 11.9. The maximum absolute atomic E-state index is 13.3. The molecular formula is C22H19ClF3N3O2S. The molecule has 2 N–H and O–H groups in total. The van der Waals surface area contributed by atoms with Crippen LogP contribution >= 0.6 is 23.4 Å². The number of hydrogen-bond acceptors (Lipinski definition) is 5. The average Bonchev–Trinajstić information content (AvgIpc) is 3.16. The van der Waals surface area contributed by atoms with Crippen molar-refractivity contribution in [2.45, 2.75) is 18.6 Å². The Hall–Kier alpha value is -2.78. The third-order valence-electron chi connectivity index (χ3n) is 4.63. The Bertz CT molecular complexity index is 1070. The van der Waals surface area contributed by atoms with Crippen LogP contribution in [0.25, 0.3) is 0 Å². The van der Waals surface area contributed by atoms with Crippen molar-refractivity contribution in [3.05, 3.63) is 76.5 Å². The van der Waals surface area contributed by atoms with Crippen LogP contribution in [0.2, 0.25) is 5.02 Å². The standard InChI is InChI=1S/C22H19ClF3N3O2S/c1-27-19(22(24,25)26)12-18(28-16-5-3-2-4-15(16)23)13-6-8-14(9-7-13)20(30)29-17-10-11-32-21(17)31/h2-9,12,17,27H,10-11H2,1H3,(H,29,30).